The number of halogens is 1. The van der Waals surface area contributed by atoms with Crippen LogP contribution in [0.1, 0.15) is 25.0 Å². The van der Waals surface area contributed by atoms with Crippen molar-refractivity contribution in [1.29, 1.82) is 0 Å². The lowest BCUT2D eigenvalue weighted by atomic mass is 10.0. The van der Waals surface area contributed by atoms with E-state index in [2.05, 4.69) is 10.0 Å². The Morgan fingerprint density at radius 2 is 1.69 bits per heavy atom. The van der Waals surface area contributed by atoms with Gasteiger partial charge in [0, 0.05) is 5.69 Å². The number of carbonyl (C=O) groups is 1. The number of nitrogens with one attached hydrogen (secondary N) is 2. The fourth-order valence-corrected chi connectivity index (χ4v) is 3.91. The predicted octanol–water partition coefficient (Wildman–Crippen LogP) is 3.38. The molecule has 26 heavy (non-hydrogen) atoms. The van der Waals surface area contributed by atoms with E-state index in [9.17, 15) is 17.6 Å². The number of sulfonamides is 1. The molecule has 7 heteroatoms. The van der Waals surface area contributed by atoms with Crippen molar-refractivity contribution in [2.24, 2.45) is 5.92 Å². The molecular weight excluding hydrogens is 355 g/mol. The highest BCUT2D eigenvalue weighted by molar-refractivity contribution is 7.89. The molecule has 0 aliphatic heterocycles. The van der Waals surface area contributed by atoms with E-state index in [0.29, 0.717) is 5.69 Å². The first-order valence-corrected chi connectivity index (χ1v) is 9.75. The van der Waals surface area contributed by atoms with Gasteiger partial charge in [0.2, 0.25) is 15.9 Å². The lowest BCUT2D eigenvalue weighted by Gasteiger charge is -2.22. The summed E-state index contributed by atoms with van der Waals surface area (Å²) >= 11 is 0. The predicted molar refractivity (Wildman–Crippen MR) is 99.9 cm³/mol. The average Bonchev–Trinajstić information content (AvgIpc) is 2.57. The van der Waals surface area contributed by atoms with E-state index in [4.69, 9.17) is 0 Å². The van der Waals surface area contributed by atoms with Gasteiger partial charge in [-0.2, -0.15) is 4.72 Å². The second-order valence-corrected chi connectivity index (χ2v) is 8.19. The van der Waals surface area contributed by atoms with Crippen LogP contribution in [0.4, 0.5) is 10.1 Å². The maximum Gasteiger partial charge on any atom is 0.244 e. The highest BCUT2D eigenvalue weighted by atomic mass is 32.2. The van der Waals surface area contributed by atoms with Crippen LogP contribution in [0.3, 0.4) is 0 Å². The zero-order valence-corrected chi connectivity index (χ0v) is 16.0. The summed E-state index contributed by atoms with van der Waals surface area (Å²) < 4.78 is 41.2. The van der Waals surface area contributed by atoms with Gasteiger partial charge in [-0.25, -0.2) is 12.8 Å². The molecule has 1 unspecified atom stereocenters. The maximum absolute atomic E-state index is 13.9. The van der Waals surface area contributed by atoms with E-state index in [0.717, 1.165) is 23.3 Å². The molecule has 1 amide bonds. The number of hydrogen-bond acceptors (Lipinski definition) is 3. The van der Waals surface area contributed by atoms with E-state index >= 15 is 0 Å². The minimum absolute atomic E-state index is 0.332. The smallest absolute Gasteiger partial charge is 0.244 e. The SMILES string of the molecule is Cc1cccc(NC(=O)C(NS(=O)(=O)c2ccccc2F)C(C)C)c1C. The first-order chi connectivity index (χ1) is 12.1. The minimum atomic E-state index is -4.18. The van der Waals surface area contributed by atoms with Gasteiger partial charge in [0.15, 0.2) is 0 Å². The maximum atomic E-state index is 13.9. The molecule has 0 saturated carbocycles. The molecule has 0 aliphatic carbocycles. The van der Waals surface area contributed by atoms with Crippen molar-refractivity contribution in [3.8, 4) is 0 Å². The fraction of sp³-hybridized carbons (Fsp3) is 0.316. The molecular formula is C19H23FN2O3S. The number of aryl methyl sites for hydroxylation is 1. The molecule has 0 heterocycles. The summed E-state index contributed by atoms with van der Waals surface area (Å²) in [6.45, 7) is 7.24. The van der Waals surface area contributed by atoms with Crippen molar-refractivity contribution in [1.82, 2.24) is 4.72 Å². The van der Waals surface area contributed by atoms with Crippen molar-refractivity contribution in [3.63, 3.8) is 0 Å². The third kappa shape index (κ3) is 4.47. The molecule has 0 radical (unpaired) electrons. The summed E-state index contributed by atoms with van der Waals surface area (Å²) in [5, 5.41) is 2.76. The molecule has 2 aromatic rings. The highest BCUT2D eigenvalue weighted by Gasteiger charge is 2.30. The van der Waals surface area contributed by atoms with Crippen LogP contribution >= 0.6 is 0 Å². The number of rotatable bonds is 6. The molecule has 1 atom stereocenters. The highest BCUT2D eigenvalue weighted by Crippen LogP contribution is 2.20. The summed E-state index contributed by atoms with van der Waals surface area (Å²) in [6, 6.07) is 9.51. The second-order valence-electron chi connectivity index (χ2n) is 6.51. The number of anilines is 1. The molecule has 2 N–H and O–H groups in total. The largest absolute Gasteiger partial charge is 0.324 e. The molecule has 140 valence electrons. The first-order valence-electron chi connectivity index (χ1n) is 8.27. The molecule has 2 aromatic carbocycles. The molecule has 0 bridgehead atoms. The van der Waals surface area contributed by atoms with Crippen molar-refractivity contribution in [2.45, 2.75) is 38.6 Å². The van der Waals surface area contributed by atoms with Gasteiger partial charge in [-0.1, -0.05) is 38.1 Å². The molecule has 0 fully saturated rings. The van der Waals surface area contributed by atoms with Crippen molar-refractivity contribution in [2.75, 3.05) is 5.32 Å². The molecule has 5 nitrogen and oxygen atoms in total. The van der Waals surface area contributed by atoms with E-state index in [1.54, 1.807) is 19.9 Å². The Balaban J connectivity index is 2.27. The van der Waals surface area contributed by atoms with Crippen LogP contribution in [0.15, 0.2) is 47.4 Å². The Morgan fingerprint density at radius 1 is 1.04 bits per heavy atom. The Hall–Kier alpha value is -2.25. The minimum Gasteiger partial charge on any atom is -0.324 e. The number of benzene rings is 2. The fourth-order valence-electron chi connectivity index (χ4n) is 2.48. The van der Waals surface area contributed by atoms with Gasteiger partial charge in [-0.3, -0.25) is 4.79 Å². The lowest BCUT2D eigenvalue weighted by molar-refractivity contribution is -0.118. The summed E-state index contributed by atoms with van der Waals surface area (Å²) in [5.74, 6) is -1.69. The zero-order chi connectivity index (χ0) is 19.5. The molecule has 0 aliphatic rings. The summed E-state index contributed by atoms with van der Waals surface area (Å²) in [7, 11) is -4.18. The van der Waals surface area contributed by atoms with Crippen LogP contribution in [0.2, 0.25) is 0 Å². The topological polar surface area (TPSA) is 75.3 Å². The van der Waals surface area contributed by atoms with Crippen molar-refractivity contribution in [3.05, 3.63) is 59.4 Å². The molecule has 0 aromatic heterocycles. The first kappa shape index (κ1) is 20.1. The van der Waals surface area contributed by atoms with Crippen LogP contribution in [0.25, 0.3) is 0 Å². The monoisotopic (exact) mass is 378 g/mol. The Kier molecular flexibility index (Phi) is 6.15. The van der Waals surface area contributed by atoms with Crippen LogP contribution in [0, 0.1) is 25.6 Å². The van der Waals surface area contributed by atoms with Crippen molar-refractivity contribution >= 4 is 21.6 Å². The summed E-state index contributed by atoms with van der Waals surface area (Å²) in [6.07, 6.45) is 0. The van der Waals surface area contributed by atoms with E-state index in [1.165, 1.54) is 12.1 Å². The van der Waals surface area contributed by atoms with Crippen LogP contribution < -0.4 is 10.0 Å². The second kappa shape index (κ2) is 7.97. The third-order valence-electron chi connectivity index (χ3n) is 4.22. The Morgan fingerprint density at radius 3 is 2.31 bits per heavy atom. The summed E-state index contributed by atoms with van der Waals surface area (Å²) in [5.41, 5.74) is 2.53. The third-order valence-corrected chi connectivity index (χ3v) is 5.69. The molecule has 0 saturated heterocycles. The average molecular weight is 378 g/mol. The number of hydrogen-bond donors (Lipinski definition) is 2. The normalized spacial score (nSPS) is 12.8. The quantitative estimate of drug-likeness (QED) is 0.809. The van der Waals surface area contributed by atoms with Gasteiger partial charge < -0.3 is 5.32 Å². The van der Waals surface area contributed by atoms with Gasteiger partial charge in [0.1, 0.15) is 16.8 Å². The van der Waals surface area contributed by atoms with Gasteiger partial charge in [0.25, 0.3) is 0 Å². The van der Waals surface area contributed by atoms with Gasteiger partial charge in [-0.05, 0) is 49.1 Å². The standard InChI is InChI=1S/C19H23FN2O3S/c1-12(2)18(19(23)21-16-10-7-8-13(3)14(16)4)22-26(24,25)17-11-6-5-9-15(17)20/h5-12,18,22H,1-4H3,(H,21,23). The Labute approximate surface area is 153 Å². The van der Waals surface area contributed by atoms with Gasteiger partial charge in [-0.15, -0.1) is 0 Å². The van der Waals surface area contributed by atoms with Gasteiger partial charge >= 0.3 is 0 Å². The van der Waals surface area contributed by atoms with Crippen LogP contribution in [0.5, 0.6) is 0 Å². The van der Waals surface area contributed by atoms with Crippen LogP contribution in [-0.2, 0) is 14.8 Å². The van der Waals surface area contributed by atoms with Crippen LogP contribution in [-0.4, -0.2) is 20.4 Å². The zero-order valence-electron chi connectivity index (χ0n) is 15.2. The molecule has 0 spiro atoms. The Bertz CT molecular complexity index is 911. The molecule has 2 rings (SSSR count). The van der Waals surface area contributed by atoms with E-state index in [-0.39, 0.29) is 5.92 Å². The number of carbonyl (C=O) groups excluding carboxylic acids is 1. The summed E-state index contributed by atoms with van der Waals surface area (Å²) in [4.78, 5) is 12.2. The number of amides is 1. The van der Waals surface area contributed by atoms with E-state index < -0.39 is 32.7 Å². The van der Waals surface area contributed by atoms with E-state index in [1.807, 2.05) is 26.0 Å². The lowest BCUT2D eigenvalue weighted by Crippen LogP contribution is -2.47. The van der Waals surface area contributed by atoms with Crippen molar-refractivity contribution < 1.29 is 17.6 Å². The van der Waals surface area contributed by atoms with Gasteiger partial charge in [0.05, 0.1) is 0 Å².